The minimum Gasteiger partial charge on any atom is -0.462 e. The van der Waals surface area contributed by atoms with E-state index in [0.29, 0.717) is 12.3 Å². The number of carbonyl (C=O) groups excluding carboxylic acids is 2. The predicted molar refractivity (Wildman–Crippen MR) is 83.8 cm³/mol. The smallest absolute Gasteiger partial charge is 0.311 e. The molecule has 0 saturated carbocycles. The molecule has 0 amide bonds. The van der Waals surface area contributed by atoms with Gasteiger partial charge in [-0.15, -0.1) is 0 Å². The molecule has 4 nitrogen and oxygen atoms in total. The van der Waals surface area contributed by atoms with Gasteiger partial charge < -0.3 is 9.47 Å². The van der Waals surface area contributed by atoms with Crippen LogP contribution >= 0.6 is 0 Å². The molecule has 0 aromatic heterocycles. The van der Waals surface area contributed by atoms with Crippen LogP contribution in [-0.4, -0.2) is 25.2 Å². The largest absolute Gasteiger partial charge is 0.462 e. The fourth-order valence-electron chi connectivity index (χ4n) is 1.90. The van der Waals surface area contributed by atoms with Gasteiger partial charge in [-0.25, -0.2) is 0 Å². The minimum absolute atomic E-state index is 0.118. The number of ether oxygens (including phenoxy) is 2. The van der Waals surface area contributed by atoms with Gasteiger partial charge in [0.15, 0.2) is 0 Å². The topological polar surface area (TPSA) is 52.6 Å². The standard InChI is InChI=1S/C17H32O4/c1-8-13(3)12-17(6,7)15(19)21-11-10-20-14(18)16(4,5)9-2/h13H,8-12H2,1-7H3. The summed E-state index contributed by atoms with van der Waals surface area (Å²) in [6.07, 6.45) is 2.55. The van der Waals surface area contributed by atoms with Crippen LogP contribution in [-0.2, 0) is 19.1 Å². The van der Waals surface area contributed by atoms with Gasteiger partial charge in [-0.3, -0.25) is 9.59 Å². The van der Waals surface area contributed by atoms with E-state index in [0.717, 1.165) is 12.8 Å². The molecule has 0 radical (unpaired) electrons. The average Bonchev–Trinajstić information content (AvgIpc) is 2.42. The molecule has 124 valence electrons. The monoisotopic (exact) mass is 300 g/mol. The van der Waals surface area contributed by atoms with E-state index in [1.165, 1.54) is 0 Å². The van der Waals surface area contributed by atoms with Gasteiger partial charge in [-0.2, -0.15) is 0 Å². The Morgan fingerprint density at radius 3 is 1.71 bits per heavy atom. The first-order valence-corrected chi connectivity index (χ1v) is 7.91. The third-order valence-corrected chi connectivity index (χ3v) is 4.09. The summed E-state index contributed by atoms with van der Waals surface area (Å²) in [5, 5.41) is 0. The molecule has 1 atom stereocenters. The van der Waals surface area contributed by atoms with Crippen molar-refractivity contribution in [2.75, 3.05) is 13.2 Å². The first-order valence-electron chi connectivity index (χ1n) is 7.91. The van der Waals surface area contributed by atoms with Crippen molar-refractivity contribution < 1.29 is 19.1 Å². The van der Waals surface area contributed by atoms with Gasteiger partial charge in [-0.1, -0.05) is 27.2 Å². The molecular formula is C17H32O4. The van der Waals surface area contributed by atoms with E-state index >= 15 is 0 Å². The molecule has 0 aromatic rings. The zero-order valence-electron chi connectivity index (χ0n) is 14.7. The van der Waals surface area contributed by atoms with Crippen LogP contribution in [0.25, 0.3) is 0 Å². The molecule has 0 bridgehead atoms. The Morgan fingerprint density at radius 1 is 0.905 bits per heavy atom. The summed E-state index contributed by atoms with van der Waals surface area (Å²) >= 11 is 0. The Hall–Kier alpha value is -1.06. The summed E-state index contributed by atoms with van der Waals surface area (Å²) in [6, 6.07) is 0. The second-order valence-corrected chi connectivity index (χ2v) is 7.11. The lowest BCUT2D eigenvalue weighted by molar-refractivity contribution is -0.163. The van der Waals surface area contributed by atoms with Crippen molar-refractivity contribution in [3.63, 3.8) is 0 Å². The first kappa shape index (κ1) is 19.9. The molecule has 0 spiro atoms. The Morgan fingerprint density at radius 2 is 1.33 bits per heavy atom. The van der Waals surface area contributed by atoms with E-state index in [1.54, 1.807) is 0 Å². The van der Waals surface area contributed by atoms with Crippen molar-refractivity contribution in [2.45, 2.75) is 67.7 Å². The molecule has 0 aliphatic carbocycles. The van der Waals surface area contributed by atoms with Crippen LogP contribution in [0.1, 0.15) is 67.7 Å². The second kappa shape index (κ2) is 8.40. The third kappa shape index (κ3) is 6.96. The Balaban J connectivity index is 4.13. The molecule has 0 heterocycles. The molecule has 1 unspecified atom stereocenters. The van der Waals surface area contributed by atoms with Gasteiger partial charge in [0.05, 0.1) is 10.8 Å². The lowest BCUT2D eigenvalue weighted by atomic mass is 9.82. The molecule has 0 aliphatic rings. The SMILES string of the molecule is CCC(C)CC(C)(C)C(=O)OCCOC(=O)C(C)(C)CC. The summed E-state index contributed by atoms with van der Waals surface area (Å²) in [7, 11) is 0. The van der Waals surface area contributed by atoms with E-state index in [4.69, 9.17) is 9.47 Å². The Kier molecular flexibility index (Phi) is 7.98. The van der Waals surface area contributed by atoms with E-state index in [1.807, 2.05) is 34.6 Å². The molecule has 0 saturated heterocycles. The molecule has 0 rings (SSSR count). The highest BCUT2D eigenvalue weighted by molar-refractivity contribution is 5.76. The van der Waals surface area contributed by atoms with Crippen molar-refractivity contribution in [1.29, 1.82) is 0 Å². The van der Waals surface area contributed by atoms with Gasteiger partial charge in [0, 0.05) is 0 Å². The van der Waals surface area contributed by atoms with Gasteiger partial charge in [0.1, 0.15) is 13.2 Å². The van der Waals surface area contributed by atoms with Crippen LogP contribution in [0, 0.1) is 16.7 Å². The lowest BCUT2D eigenvalue weighted by Crippen LogP contribution is -2.31. The van der Waals surface area contributed by atoms with Gasteiger partial charge in [-0.05, 0) is 46.5 Å². The number of hydrogen-bond acceptors (Lipinski definition) is 4. The van der Waals surface area contributed by atoms with Crippen LogP contribution in [0.15, 0.2) is 0 Å². The zero-order chi connectivity index (χ0) is 16.7. The van der Waals surface area contributed by atoms with Crippen molar-refractivity contribution in [1.82, 2.24) is 0 Å². The highest BCUT2D eigenvalue weighted by Crippen LogP contribution is 2.28. The van der Waals surface area contributed by atoms with E-state index < -0.39 is 10.8 Å². The lowest BCUT2D eigenvalue weighted by Gasteiger charge is -2.25. The fourth-order valence-corrected chi connectivity index (χ4v) is 1.90. The Bertz CT molecular complexity index is 345. The normalized spacial score (nSPS) is 13.7. The number of carbonyl (C=O) groups is 2. The molecule has 4 heteroatoms. The van der Waals surface area contributed by atoms with Crippen LogP contribution < -0.4 is 0 Å². The fraction of sp³-hybridized carbons (Fsp3) is 0.882. The Labute approximate surface area is 129 Å². The maximum Gasteiger partial charge on any atom is 0.311 e. The van der Waals surface area contributed by atoms with Crippen molar-refractivity contribution in [3.8, 4) is 0 Å². The molecule has 0 N–H and O–H groups in total. The van der Waals surface area contributed by atoms with Crippen LogP contribution in [0.2, 0.25) is 0 Å². The zero-order valence-corrected chi connectivity index (χ0v) is 14.7. The van der Waals surface area contributed by atoms with Crippen LogP contribution in [0.3, 0.4) is 0 Å². The predicted octanol–water partition coefficient (Wildman–Crippen LogP) is 3.97. The van der Waals surface area contributed by atoms with Gasteiger partial charge in [0.25, 0.3) is 0 Å². The number of esters is 2. The maximum absolute atomic E-state index is 12.1. The molecular weight excluding hydrogens is 268 g/mol. The number of rotatable bonds is 9. The summed E-state index contributed by atoms with van der Waals surface area (Å²) in [6.45, 7) is 13.9. The maximum atomic E-state index is 12.1. The molecule has 0 aliphatic heterocycles. The minimum atomic E-state index is -0.498. The highest BCUT2D eigenvalue weighted by atomic mass is 16.6. The second-order valence-electron chi connectivity index (χ2n) is 7.11. The van der Waals surface area contributed by atoms with Crippen LogP contribution in [0.5, 0.6) is 0 Å². The summed E-state index contributed by atoms with van der Waals surface area (Å²) in [5.74, 6) is 0.00393. The van der Waals surface area contributed by atoms with Crippen molar-refractivity contribution in [3.05, 3.63) is 0 Å². The molecule has 0 aromatic carbocycles. The third-order valence-electron chi connectivity index (χ3n) is 4.09. The van der Waals surface area contributed by atoms with Crippen LogP contribution in [0.4, 0.5) is 0 Å². The first-order chi connectivity index (χ1) is 9.56. The van der Waals surface area contributed by atoms with E-state index in [2.05, 4.69) is 13.8 Å². The highest BCUT2D eigenvalue weighted by Gasteiger charge is 2.31. The summed E-state index contributed by atoms with van der Waals surface area (Å²) < 4.78 is 10.4. The van der Waals surface area contributed by atoms with E-state index in [9.17, 15) is 9.59 Å². The van der Waals surface area contributed by atoms with Crippen molar-refractivity contribution in [2.24, 2.45) is 16.7 Å². The summed E-state index contributed by atoms with van der Waals surface area (Å²) in [5.41, 5.74) is -0.984. The quantitative estimate of drug-likeness (QED) is 0.477. The average molecular weight is 300 g/mol. The molecule has 21 heavy (non-hydrogen) atoms. The summed E-state index contributed by atoms with van der Waals surface area (Å²) in [4.78, 5) is 23.8. The van der Waals surface area contributed by atoms with E-state index in [-0.39, 0.29) is 25.2 Å². The molecule has 0 fully saturated rings. The van der Waals surface area contributed by atoms with Crippen molar-refractivity contribution >= 4 is 11.9 Å². The van der Waals surface area contributed by atoms with Gasteiger partial charge >= 0.3 is 11.9 Å². The van der Waals surface area contributed by atoms with Gasteiger partial charge in [0.2, 0.25) is 0 Å². The number of hydrogen-bond donors (Lipinski definition) is 0.